The average molecular weight is 341 g/mol. The van der Waals surface area contributed by atoms with E-state index in [1.54, 1.807) is 43.5 Å². The number of nitrogens with one attached hydrogen (secondary N) is 2. The minimum absolute atomic E-state index is 0.184. The summed E-state index contributed by atoms with van der Waals surface area (Å²) in [4.78, 5) is 25.1. The highest BCUT2D eigenvalue weighted by Crippen LogP contribution is 2.16. The number of amides is 2. The molecule has 4 N–H and O–H groups in total. The highest BCUT2D eigenvalue weighted by Gasteiger charge is 2.24. The fourth-order valence-electron chi connectivity index (χ4n) is 2.29. The molecule has 2 atom stereocenters. The minimum Gasteiger partial charge on any atom is -0.497 e. The molecule has 0 aliphatic carbocycles. The van der Waals surface area contributed by atoms with E-state index in [0.29, 0.717) is 23.4 Å². The minimum atomic E-state index is -0.801. The zero-order valence-electron chi connectivity index (χ0n) is 14.4. The van der Waals surface area contributed by atoms with Gasteiger partial charge in [0.25, 0.3) is 5.91 Å². The molecule has 0 saturated heterocycles. The Hall–Kier alpha value is -2.86. The largest absolute Gasteiger partial charge is 0.497 e. The van der Waals surface area contributed by atoms with E-state index in [4.69, 9.17) is 10.5 Å². The van der Waals surface area contributed by atoms with Crippen LogP contribution in [0.15, 0.2) is 54.6 Å². The quantitative estimate of drug-likeness (QED) is 0.713. The molecule has 6 heteroatoms. The summed E-state index contributed by atoms with van der Waals surface area (Å²) in [6.07, 6.45) is 0. The van der Waals surface area contributed by atoms with Crippen LogP contribution in [-0.2, 0) is 4.79 Å². The van der Waals surface area contributed by atoms with E-state index in [1.807, 2.05) is 25.1 Å². The van der Waals surface area contributed by atoms with Crippen LogP contribution in [-0.4, -0.2) is 31.5 Å². The lowest BCUT2D eigenvalue weighted by molar-refractivity contribution is -0.123. The number of methoxy groups -OCH3 is 1. The van der Waals surface area contributed by atoms with E-state index in [0.717, 1.165) is 0 Å². The molecule has 2 aromatic carbocycles. The number of rotatable bonds is 7. The molecular formula is C19H23N3O3. The number of carbonyl (C=O) groups is 2. The molecule has 25 heavy (non-hydrogen) atoms. The third kappa shape index (κ3) is 5.06. The van der Waals surface area contributed by atoms with Crippen LogP contribution in [0.25, 0.3) is 0 Å². The molecule has 0 aliphatic heterocycles. The monoisotopic (exact) mass is 341 g/mol. The van der Waals surface area contributed by atoms with Crippen LogP contribution in [0.3, 0.4) is 0 Å². The molecule has 6 nitrogen and oxygen atoms in total. The van der Waals surface area contributed by atoms with Gasteiger partial charge in [0, 0.05) is 18.2 Å². The Morgan fingerprint density at radius 2 is 1.68 bits per heavy atom. The standard InChI is InChI=1S/C19H23N3O3/c1-13(12-20)21-19(24)17(14-6-4-3-5-7-14)22-18(23)15-8-10-16(25-2)11-9-15/h3-11,13,17H,12,20H2,1-2H3,(H,21,24)(H,22,23)/t13-,17?/m0/s1. The topological polar surface area (TPSA) is 93.4 Å². The summed E-state index contributed by atoms with van der Waals surface area (Å²) in [6, 6.07) is 14.8. The van der Waals surface area contributed by atoms with Crippen molar-refractivity contribution in [3.63, 3.8) is 0 Å². The molecule has 2 amide bonds. The maximum Gasteiger partial charge on any atom is 0.252 e. The van der Waals surface area contributed by atoms with E-state index >= 15 is 0 Å². The summed E-state index contributed by atoms with van der Waals surface area (Å²) in [5.41, 5.74) is 6.71. The first-order chi connectivity index (χ1) is 12.0. The van der Waals surface area contributed by atoms with E-state index in [9.17, 15) is 9.59 Å². The van der Waals surface area contributed by atoms with Gasteiger partial charge in [0.2, 0.25) is 5.91 Å². The lowest BCUT2D eigenvalue weighted by Gasteiger charge is -2.21. The van der Waals surface area contributed by atoms with E-state index in [1.165, 1.54) is 0 Å². The van der Waals surface area contributed by atoms with Gasteiger partial charge >= 0.3 is 0 Å². The van der Waals surface area contributed by atoms with Gasteiger partial charge in [0.05, 0.1) is 7.11 Å². The molecule has 1 unspecified atom stereocenters. The molecular weight excluding hydrogens is 318 g/mol. The van der Waals surface area contributed by atoms with Crippen molar-refractivity contribution in [2.24, 2.45) is 5.73 Å². The fraction of sp³-hybridized carbons (Fsp3) is 0.263. The van der Waals surface area contributed by atoms with Crippen LogP contribution >= 0.6 is 0 Å². The molecule has 0 fully saturated rings. The highest BCUT2D eigenvalue weighted by molar-refractivity contribution is 5.98. The zero-order chi connectivity index (χ0) is 18.2. The Bertz CT molecular complexity index is 702. The van der Waals surface area contributed by atoms with Crippen molar-refractivity contribution in [3.05, 3.63) is 65.7 Å². The third-order valence-corrected chi connectivity index (χ3v) is 3.76. The first-order valence-electron chi connectivity index (χ1n) is 8.05. The molecule has 132 valence electrons. The van der Waals surface area contributed by atoms with Crippen molar-refractivity contribution in [2.45, 2.75) is 19.0 Å². The van der Waals surface area contributed by atoms with Gasteiger partial charge < -0.3 is 21.1 Å². The lowest BCUT2D eigenvalue weighted by atomic mass is 10.0. The normalized spacial score (nSPS) is 12.8. The van der Waals surface area contributed by atoms with Crippen molar-refractivity contribution >= 4 is 11.8 Å². The van der Waals surface area contributed by atoms with Crippen molar-refractivity contribution in [1.29, 1.82) is 0 Å². The van der Waals surface area contributed by atoms with E-state index in [2.05, 4.69) is 10.6 Å². The predicted molar refractivity (Wildman–Crippen MR) is 96.3 cm³/mol. The van der Waals surface area contributed by atoms with E-state index < -0.39 is 6.04 Å². The SMILES string of the molecule is COc1ccc(C(=O)NC(C(=O)N[C@@H](C)CN)c2ccccc2)cc1. The van der Waals surface area contributed by atoms with Gasteiger partial charge in [-0.05, 0) is 36.8 Å². The first kappa shape index (κ1) is 18.5. The Labute approximate surface area is 147 Å². The van der Waals surface area contributed by atoms with Crippen LogP contribution in [0.4, 0.5) is 0 Å². The maximum absolute atomic E-state index is 12.6. The van der Waals surface area contributed by atoms with Gasteiger partial charge in [-0.1, -0.05) is 30.3 Å². The third-order valence-electron chi connectivity index (χ3n) is 3.76. The molecule has 0 aromatic heterocycles. The second-order valence-electron chi connectivity index (χ2n) is 5.69. The summed E-state index contributed by atoms with van der Waals surface area (Å²) >= 11 is 0. The smallest absolute Gasteiger partial charge is 0.252 e. The summed E-state index contributed by atoms with van der Waals surface area (Å²) in [7, 11) is 1.56. The van der Waals surface area contributed by atoms with Gasteiger partial charge in [0.15, 0.2) is 0 Å². The maximum atomic E-state index is 12.6. The second-order valence-corrected chi connectivity index (χ2v) is 5.69. The molecule has 0 bridgehead atoms. The molecule has 0 aliphatic rings. The second kappa shape index (κ2) is 8.84. The predicted octanol–water partition coefficient (Wildman–Crippen LogP) is 1.63. The lowest BCUT2D eigenvalue weighted by Crippen LogP contribution is -2.45. The fourth-order valence-corrected chi connectivity index (χ4v) is 2.29. The van der Waals surface area contributed by atoms with Gasteiger partial charge in [0.1, 0.15) is 11.8 Å². The van der Waals surface area contributed by atoms with Gasteiger partial charge in [-0.15, -0.1) is 0 Å². The van der Waals surface area contributed by atoms with Gasteiger partial charge in [-0.3, -0.25) is 9.59 Å². The van der Waals surface area contributed by atoms with Crippen LogP contribution < -0.4 is 21.1 Å². The van der Waals surface area contributed by atoms with E-state index in [-0.39, 0.29) is 17.9 Å². The average Bonchev–Trinajstić information content (AvgIpc) is 2.66. The van der Waals surface area contributed by atoms with Crippen molar-refractivity contribution in [1.82, 2.24) is 10.6 Å². The number of nitrogens with two attached hydrogens (primary N) is 1. The summed E-state index contributed by atoms with van der Waals surface area (Å²) in [6.45, 7) is 2.13. The molecule has 2 rings (SSSR count). The first-order valence-corrected chi connectivity index (χ1v) is 8.05. The van der Waals surface area contributed by atoms with Crippen LogP contribution in [0.1, 0.15) is 28.9 Å². The van der Waals surface area contributed by atoms with Crippen molar-refractivity contribution in [3.8, 4) is 5.75 Å². The van der Waals surface area contributed by atoms with Crippen molar-refractivity contribution < 1.29 is 14.3 Å². The molecule has 0 saturated carbocycles. The van der Waals surface area contributed by atoms with Crippen LogP contribution in [0.2, 0.25) is 0 Å². The zero-order valence-corrected chi connectivity index (χ0v) is 14.4. The number of hydrogen-bond donors (Lipinski definition) is 3. The Morgan fingerprint density at radius 1 is 1.04 bits per heavy atom. The highest BCUT2D eigenvalue weighted by atomic mass is 16.5. The Kier molecular flexibility index (Phi) is 6.54. The van der Waals surface area contributed by atoms with Gasteiger partial charge in [-0.2, -0.15) is 0 Å². The molecule has 0 spiro atoms. The number of carbonyl (C=O) groups excluding carboxylic acids is 2. The Morgan fingerprint density at radius 3 is 2.24 bits per heavy atom. The van der Waals surface area contributed by atoms with Crippen LogP contribution in [0.5, 0.6) is 5.75 Å². The van der Waals surface area contributed by atoms with Gasteiger partial charge in [-0.25, -0.2) is 0 Å². The number of benzene rings is 2. The Balaban J connectivity index is 2.20. The number of hydrogen-bond acceptors (Lipinski definition) is 4. The van der Waals surface area contributed by atoms with Crippen molar-refractivity contribution in [2.75, 3.05) is 13.7 Å². The van der Waals surface area contributed by atoms with Crippen LogP contribution in [0, 0.1) is 0 Å². The number of ether oxygens (including phenoxy) is 1. The summed E-state index contributed by atoms with van der Waals surface area (Å²) < 4.78 is 5.09. The summed E-state index contributed by atoms with van der Waals surface area (Å²) in [5.74, 6) is 0.0174. The molecule has 2 aromatic rings. The summed E-state index contributed by atoms with van der Waals surface area (Å²) in [5, 5.41) is 5.59. The molecule has 0 heterocycles. The molecule has 0 radical (unpaired) electrons.